The molecule has 1 saturated heterocycles. The van der Waals surface area contributed by atoms with Crippen molar-refractivity contribution in [3.8, 4) is 0 Å². The largest absolute Gasteiger partial charge is 0.458 e. The molecule has 0 N–H and O–H groups in total. The Labute approximate surface area is 164 Å². The van der Waals surface area contributed by atoms with Gasteiger partial charge in [0.15, 0.2) is 0 Å². The molecule has 2 aliphatic rings. The van der Waals surface area contributed by atoms with Crippen LogP contribution in [0.2, 0.25) is 0 Å². The summed E-state index contributed by atoms with van der Waals surface area (Å²) in [4.78, 5) is 13.0. The molecular formula is C20H23NO4S2. The molecule has 2 aromatic rings. The Kier molecular flexibility index (Phi) is 5.34. The van der Waals surface area contributed by atoms with Crippen LogP contribution in [0.25, 0.3) is 0 Å². The van der Waals surface area contributed by atoms with Crippen LogP contribution in [0, 0.1) is 0 Å². The summed E-state index contributed by atoms with van der Waals surface area (Å²) in [5.74, 6) is -0.523. The lowest BCUT2D eigenvalue weighted by Gasteiger charge is -2.26. The number of piperidine rings is 1. The van der Waals surface area contributed by atoms with Crippen molar-refractivity contribution in [1.29, 1.82) is 0 Å². The number of carbonyl (C=O) groups excluding carboxylic acids is 1. The lowest BCUT2D eigenvalue weighted by atomic mass is 9.90. The zero-order chi connectivity index (χ0) is 18.9. The van der Waals surface area contributed by atoms with Crippen LogP contribution in [0.4, 0.5) is 0 Å². The molecule has 2 heterocycles. The van der Waals surface area contributed by atoms with Crippen LogP contribution in [-0.2, 0) is 27.6 Å². The second-order valence-corrected chi connectivity index (χ2v) is 9.94. The van der Waals surface area contributed by atoms with Crippen LogP contribution < -0.4 is 0 Å². The molecule has 1 unspecified atom stereocenters. The summed E-state index contributed by atoms with van der Waals surface area (Å²) in [6.07, 6.45) is 4.89. The first-order valence-electron chi connectivity index (χ1n) is 9.41. The van der Waals surface area contributed by atoms with Gasteiger partial charge in [-0.1, -0.05) is 30.7 Å². The van der Waals surface area contributed by atoms with Crippen molar-refractivity contribution in [2.45, 2.75) is 49.5 Å². The number of aryl methyl sites for hydroxylation is 1. The molecule has 1 fully saturated rings. The van der Waals surface area contributed by atoms with E-state index < -0.39 is 16.0 Å². The number of hydrogen-bond acceptors (Lipinski definition) is 5. The number of rotatable bonds is 4. The SMILES string of the molecule is O=C(OC1CCc2ccccc2C1)c1sccc1S(=O)(=O)N1CCCCC1. The van der Waals surface area contributed by atoms with E-state index in [0.717, 1.165) is 43.4 Å². The van der Waals surface area contributed by atoms with E-state index in [1.807, 2.05) is 12.1 Å². The molecule has 0 spiro atoms. The fourth-order valence-electron chi connectivity index (χ4n) is 3.86. The highest BCUT2D eigenvalue weighted by Crippen LogP contribution is 2.30. The van der Waals surface area contributed by atoms with E-state index in [1.54, 1.807) is 5.38 Å². The van der Waals surface area contributed by atoms with Crippen LogP contribution >= 0.6 is 11.3 Å². The van der Waals surface area contributed by atoms with Gasteiger partial charge in [0.2, 0.25) is 10.0 Å². The van der Waals surface area contributed by atoms with Crippen LogP contribution in [0.15, 0.2) is 40.6 Å². The molecule has 0 bridgehead atoms. The topological polar surface area (TPSA) is 63.7 Å². The highest BCUT2D eigenvalue weighted by atomic mass is 32.2. The number of hydrogen-bond donors (Lipinski definition) is 0. The summed E-state index contributed by atoms with van der Waals surface area (Å²) < 4.78 is 33.1. The third kappa shape index (κ3) is 3.81. The summed E-state index contributed by atoms with van der Waals surface area (Å²) in [6.45, 7) is 1.04. The molecule has 144 valence electrons. The van der Waals surface area contributed by atoms with Crippen LogP contribution in [-0.4, -0.2) is 37.9 Å². The zero-order valence-electron chi connectivity index (χ0n) is 15.1. The smallest absolute Gasteiger partial charge is 0.350 e. The molecule has 0 saturated carbocycles. The highest BCUT2D eigenvalue weighted by molar-refractivity contribution is 7.89. The molecule has 1 atom stereocenters. The molecule has 5 nitrogen and oxygen atoms in total. The van der Waals surface area contributed by atoms with Crippen molar-refractivity contribution in [3.05, 3.63) is 51.7 Å². The molecule has 0 radical (unpaired) electrons. The third-order valence-electron chi connectivity index (χ3n) is 5.32. The number of benzene rings is 1. The van der Waals surface area contributed by atoms with E-state index in [0.29, 0.717) is 19.5 Å². The number of fused-ring (bicyclic) bond motifs is 1. The van der Waals surface area contributed by atoms with E-state index in [4.69, 9.17) is 4.74 Å². The van der Waals surface area contributed by atoms with Crippen LogP contribution in [0.5, 0.6) is 0 Å². The van der Waals surface area contributed by atoms with Gasteiger partial charge in [0.25, 0.3) is 0 Å². The van der Waals surface area contributed by atoms with E-state index in [2.05, 4.69) is 12.1 Å². The van der Waals surface area contributed by atoms with Crippen LogP contribution in [0.3, 0.4) is 0 Å². The molecule has 4 rings (SSSR count). The molecule has 0 amide bonds. The van der Waals surface area contributed by atoms with Crippen molar-refractivity contribution in [3.63, 3.8) is 0 Å². The van der Waals surface area contributed by atoms with Gasteiger partial charge in [-0.15, -0.1) is 11.3 Å². The van der Waals surface area contributed by atoms with E-state index >= 15 is 0 Å². The molecule has 27 heavy (non-hydrogen) atoms. The Hall–Kier alpha value is -1.70. The Morgan fingerprint density at radius 1 is 1.07 bits per heavy atom. The molecule has 7 heteroatoms. The monoisotopic (exact) mass is 405 g/mol. The number of carbonyl (C=O) groups is 1. The van der Waals surface area contributed by atoms with Crippen molar-refractivity contribution < 1.29 is 17.9 Å². The molecule has 1 aromatic carbocycles. The van der Waals surface area contributed by atoms with Gasteiger partial charge in [-0.25, -0.2) is 13.2 Å². The zero-order valence-corrected chi connectivity index (χ0v) is 16.7. The Morgan fingerprint density at radius 3 is 2.59 bits per heavy atom. The molecule has 1 aliphatic heterocycles. The van der Waals surface area contributed by atoms with Gasteiger partial charge in [0.05, 0.1) is 0 Å². The van der Waals surface area contributed by atoms with Crippen LogP contribution in [0.1, 0.15) is 46.5 Å². The van der Waals surface area contributed by atoms with E-state index in [1.165, 1.54) is 21.5 Å². The van der Waals surface area contributed by atoms with E-state index in [-0.39, 0.29) is 15.9 Å². The summed E-state index contributed by atoms with van der Waals surface area (Å²) in [7, 11) is -3.64. The fraction of sp³-hybridized carbons (Fsp3) is 0.450. The lowest BCUT2D eigenvalue weighted by Crippen LogP contribution is -2.36. The Morgan fingerprint density at radius 2 is 1.81 bits per heavy atom. The van der Waals surface area contributed by atoms with Gasteiger partial charge < -0.3 is 4.74 Å². The first-order chi connectivity index (χ1) is 13.1. The summed E-state index contributed by atoms with van der Waals surface area (Å²) in [6, 6.07) is 9.71. The van der Waals surface area contributed by atoms with Crippen molar-refractivity contribution in [2.75, 3.05) is 13.1 Å². The van der Waals surface area contributed by atoms with Gasteiger partial charge in [0.1, 0.15) is 15.9 Å². The Bertz CT molecular complexity index is 929. The second-order valence-electron chi connectivity index (χ2n) is 7.12. The minimum absolute atomic E-state index is 0.0932. The normalized spacial score (nSPS) is 20.8. The quantitative estimate of drug-likeness (QED) is 0.729. The standard InChI is InChI=1S/C20H23NO4S2/c22-20(25-17-9-8-15-6-2-3-7-16(15)14-17)19-18(10-13-26-19)27(23,24)21-11-4-1-5-12-21/h2-3,6-7,10,13,17H,1,4-5,8-9,11-12,14H2. The predicted octanol–water partition coefficient (Wildman–Crippen LogP) is 3.64. The van der Waals surface area contributed by atoms with Crippen molar-refractivity contribution in [1.82, 2.24) is 4.31 Å². The molecule has 1 aliphatic carbocycles. The highest BCUT2D eigenvalue weighted by Gasteiger charge is 2.32. The van der Waals surface area contributed by atoms with Gasteiger partial charge in [0, 0.05) is 19.5 Å². The first-order valence-corrected chi connectivity index (χ1v) is 11.7. The molecular weight excluding hydrogens is 382 g/mol. The Balaban J connectivity index is 1.50. The number of sulfonamides is 1. The number of thiophene rings is 1. The summed E-state index contributed by atoms with van der Waals surface area (Å²) in [5, 5.41) is 1.66. The fourth-order valence-corrected chi connectivity index (χ4v) is 6.65. The van der Waals surface area contributed by atoms with Gasteiger partial charge >= 0.3 is 5.97 Å². The number of ether oxygens (including phenoxy) is 1. The van der Waals surface area contributed by atoms with Gasteiger partial charge in [-0.05, 0) is 48.3 Å². The number of esters is 1. The summed E-state index contributed by atoms with van der Waals surface area (Å²) >= 11 is 1.14. The van der Waals surface area contributed by atoms with Crippen molar-refractivity contribution >= 4 is 27.3 Å². The second kappa shape index (κ2) is 7.73. The minimum Gasteiger partial charge on any atom is -0.458 e. The van der Waals surface area contributed by atoms with E-state index in [9.17, 15) is 13.2 Å². The lowest BCUT2D eigenvalue weighted by molar-refractivity contribution is 0.0272. The average Bonchev–Trinajstić information content (AvgIpc) is 3.19. The third-order valence-corrected chi connectivity index (χ3v) is 8.29. The first kappa shape index (κ1) is 18.7. The predicted molar refractivity (Wildman–Crippen MR) is 105 cm³/mol. The maximum Gasteiger partial charge on any atom is 0.350 e. The number of nitrogens with zero attached hydrogens (tertiary/aromatic N) is 1. The maximum absolute atomic E-state index is 13.0. The maximum atomic E-state index is 13.0. The summed E-state index contributed by atoms with van der Waals surface area (Å²) in [5.41, 5.74) is 2.50. The van der Waals surface area contributed by atoms with Gasteiger partial charge in [-0.2, -0.15) is 4.31 Å². The van der Waals surface area contributed by atoms with Crippen molar-refractivity contribution in [2.24, 2.45) is 0 Å². The molecule has 1 aromatic heterocycles. The minimum atomic E-state index is -3.64. The average molecular weight is 406 g/mol. The van der Waals surface area contributed by atoms with Gasteiger partial charge in [-0.3, -0.25) is 0 Å².